The van der Waals surface area contributed by atoms with E-state index >= 15 is 0 Å². The lowest BCUT2D eigenvalue weighted by Gasteiger charge is -2.35. The number of benzene rings is 2. The van der Waals surface area contributed by atoms with Gasteiger partial charge in [0.15, 0.2) is 5.92 Å². The topological polar surface area (TPSA) is 37.3 Å². The molecule has 0 aliphatic rings. The Morgan fingerprint density at radius 3 is 1.88 bits per heavy atom. The van der Waals surface area contributed by atoms with Gasteiger partial charge in [-0.25, -0.2) is 4.79 Å². The molecule has 0 saturated heterocycles. The van der Waals surface area contributed by atoms with Crippen LogP contribution in [-0.4, -0.2) is 35.1 Å². The van der Waals surface area contributed by atoms with E-state index in [0.29, 0.717) is 24.1 Å². The Morgan fingerprint density at radius 1 is 0.920 bits per heavy atom. The number of nitrogens with zero attached hydrogens (tertiary/aromatic N) is 1. The fourth-order valence-corrected chi connectivity index (χ4v) is 3.30. The molecule has 3 nitrogen and oxygen atoms in total. The molecule has 3 heteroatoms. The largest absolute Gasteiger partial charge is 0.511 e. The maximum absolute atomic E-state index is 13.5. The van der Waals surface area contributed by atoms with E-state index in [1.807, 2.05) is 81.4 Å². The van der Waals surface area contributed by atoms with Crippen molar-refractivity contribution in [3.05, 3.63) is 77.5 Å². The first kappa shape index (κ1) is 18.9. The second-order valence-electron chi connectivity index (χ2n) is 6.26. The molecule has 2 aromatic carbocycles. The first-order chi connectivity index (χ1) is 12.1. The van der Waals surface area contributed by atoms with Gasteiger partial charge in [0.25, 0.3) is 0 Å². The van der Waals surface area contributed by atoms with E-state index in [9.17, 15) is 9.90 Å². The number of carbonyl (C=O) groups excluding carboxylic acids is 1. The van der Waals surface area contributed by atoms with Crippen LogP contribution in [0.4, 0.5) is 0 Å². The van der Waals surface area contributed by atoms with Crippen molar-refractivity contribution < 1.29 is 14.4 Å². The van der Waals surface area contributed by atoms with Gasteiger partial charge >= 0.3 is 5.91 Å². The van der Waals surface area contributed by atoms with Crippen LogP contribution in [0.5, 0.6) is 0 Å². The Kier molecular flexibility index (Phi) is 6.54. The number of likely N-dealkylation sites (N-methyl/N-ethyl adjacent to an activating group) is 1. The maximum atomic E-state index is 13.5. The summed E-state index contributed by atoms with van der Waals surface area (Å²) in [7, 11) is 0. The summed E-state index contributed by atoms with van der Waals surface area (Å²) in [6.45, 7) is 8.25. The van der Waals surface area contributed by atoms with E-state index in [4.69, 9.17) is 0 Å². The summed E-state index contributed by atoms with van der Waals surface area (Å²) in [6.07, 6.45) is 1.70. The normalized spacial score (nSPS) is 13.5. The molecule has 0 aromatic heterocycles. The highest BCUT2D eigenvalue weighted by Gasteiger charge is 2.40. The van der Waals surface area contributed by atoms with Crippen molar-refractivity contribution in [2.24, 2.45) is 0 Å². The highest BCUT2D eigenvalue weighted by molar-refractivity contribution is 5.82. The molecule has 2 aromatic rings. The van der Waals surface area contributed by atoms with E-state index < -0.39 is 5.92 Å². The van der Waals surface area contributed by atoms with E-state index in [1.54, 1.807) is 6.08 Å². The zero-order chi connectivity index (χ0) is 18.3. The highest BCUT2D eigenvalue weighted by Crippen LogP contribution is 2.29. The van der Waals surface area contributed by atoms with Crippen LogP contribution >= 0.6 is 0 Å². The third kappa shape index (κ3) is 4.18. The first-order valence-electron chi connectivity index (χ1n) is 8.99. The number of quaternary nitrogens is 1. The summed E-state index contributed by atoms with van der Waals surface area (Å²) in [4.78, 5) is 13.5. The van der Waals surface area contributed by atoms with Crippen molar-refractivity contribution in [2.75, 3.05) is 19.6 Å². The number of aliphatic hydroxyl groups excluding tert-OH is 1. The van der Waals surface area contributed by atoms with Crippen LogP contribution in [0.1, 0.15) is 37.8 Å². The molecule has 0 saturated carbocycles. The predicted molar refractivity (Wildman–Crippen MR) is 103 cm³/mol. The molecule has 1 unspecified atom stereocenters. The first-order valence-corrected chi connectivity index (χ1v) is 8.99. The molecule has 0 bridgehead atoms. The van der Waals surface area contributed by atoms with Crippen molar-refractivity contribution in [3.8, 4) is 0 Å². The zero-order valence-electron chi connectivity index (χ0n) is 15.4. The molecule has 2 rings (SSSR count). The minimum Gasteiger partial charge on any atom is -0.511 e. The lowest BCUT2D eigenvalue weighted by Crippen LogP contribution is -2.54. The molecule has 25 heavy (non-hydrogen) atoms. The lowest BCUT2D eigenvalue weighted by molar-refractivity contribution is -0.849. The van der Waals surface area contributed by atoms with Gasteiger partial charge in [-0.15, -0.1) is 0 Å². The molecular weight excluding hydrogens is 310 g/mol. The lowest BCUT2D eigenvalue weighted by atomic mass is 9.93. The van der Waals surface area contributed by atoms with Gasteiger partial charge in [-0.1, -0.05) is 60.7 Å². The van der Waals surface area contributed by atoms with E-state index in [2.05, 4.69) is 0 Å². The van der Waals surface area contributed by atoms with E-state index in [1.165, 1.54) is 0 Å². The van der Waals surface area contributed by atoms with Crippen molar-refractivity contribution in [1.82, 2.24) is 0 Å². The fourth-order valence-electron chi connectivity index (χ4n) is 3.30. The van der Waals surface area contributed by atoms with Crippen molar-refractivity contribution in [3.63, 3.8) is 0 Å². The van der Waals surface area contributed by atoms with Crippen LogP contribution in [0, 0.1) is 0 Å². The quantitative estimate of drug-likeness (QED) is 0.583. The number of hydrogen-bond acceptors (Lipinski definition) is 2. The Hall–Kier alpha value is -2.39. The average molecular weight is 338 g/mol. The van der Waals surface area contributed by atoms with Gasteiger partial charge in [0, 0.05) is 0 Å². The van der Waals surface area contributed by atoms with Gasteiger partial charge in [-0.2, -0.15) is 0 Å². The third-order valence-corrected chi connectivity index (χ3v) is 5.07. The molecule has 0 radical (unpaired) electrons. The standard InChI is InChI=1S/C22H27NO2/c1-4-23(5-2,6-3)22(25)21(19-15-11-8-12-16-19)20(24)17-18-13-9-7-10-14-18/h7-17,21H,4-6H2,1-3H3/p+1/b20-17-. The molecule has 1 N–H and O–H groups in total. The molecule has 0 fully saturated rings. The van der Waals surface area contributed by atoms with Crippen LogP contribution in [0.3, 0.4) is 0 Å². The van der Waals surface area contributed by atoms with Crippen molar-refractivity contribution in [2.45, 2.75) is 26.7 Å². The summed E-state index contributed by atoms with van der Waals surface area (Å²) >= 11 is 0. The number of hydrogen-bond donors (Lipinski definition) is 1. The van der Waals surface area contributed by atoms with Crippen LogP contribution in [0.15, 0.2) is 66.4 Å². The maximum Gasteiger partial charge on any atom is 0.328 e. The second kappa shape index (κ2) is 8.63. The number of carbonyl (C=O) groups is 1. The van der Waals surface area contributed by atoms with Crippen molar-refractivity contribution in [1.29, 1.82) is 0 Å². The summed E-state index contributed by atoms with van der Waals surface area (Å²) in [5, 5.41) is 10.9. The Labute approximate surface area is 150 Å². The summed E-state index contributed by atoms with van der Waals surface area (Å²) in [6, 6.07) is 19.2. The van der Waals surface area contributed by atoms with Gasteiger partial charge < -0.3 is 5.11 Å². The molecule has 132 valence electrons. The van der Waals surface area contributed by atoms with Crippen LogP contribution < -0.4 is 0 Å². The predicted octanol–water partition coefficient (Wildman–Crippen LogP) is 4.77. The van der Waals surface area contributed by atoms with Crippen molar-refractivity contribution >= 4 is 12.0 Å². The van der Waals surface area contributed by atoms with Gasteiger partial charge in [0.05, 0.1) is 19.6 Å². The van der Waals surface area contributed by atoms with Gasteiger partial charge in [-0.3, -0.25) is 4.48 Å². The zero-order valence-corrected chi connectivity index (χ0v) is 15.4. The van der Waals surface area contributed by atoms with Crippen LogP contribution in [-0.2, 0) is 4.79 Å². The van der Waals surface area contributed by atoms with E-state index in [0.717, 1.165) is 11.1 Å². The summed E-state index contributed by atoms with van der Waals surface area (Å²) in [5.41, 5.74) is 1.71. The van der Waals surface area contributed by atoms with Crippen LogP contribution in [0.25, 0.3) is 6.08 Å². The number of rotatable bonds is 7. The fraction of sp³-hybridized carbons (Fsp3) is 0.318. The molecule has 0 heterocycles. The summed E-state index contributed by atoms with van der Waals surface area (Å²) < 4.78 is 0.353. The minimum absolute atomic E-state index is 0.0448. The molecule has 0 spiro atoms. The summed E-state index contributed by atoms with van der Waals surface area (Å²) in [5.74, 6) is -0.509. The monoisotopic (exact) mass is 338 g/mol. The van der Waals surface area contributed by atoms with E-state index in [-0.39, 0.29) is 11.7 Å². The van der Waals surface area contributed by atoms with Gasteiger partial charge in [-0.05, 0) is 38.0 Å². The van der Waals surface area contributed by atoms with Gasteiger partial charge in [0.2, 0.25) is 0 Å². The molecular formula is C22H28NO2+. The molecule has 0 aliphatic heterocycles. The average Bonchev–Trinajstić information content (AvgIpc) is 2.65. The molecule has 0 aliphatic carbocycles. The minimum atomic E-state index is -0.652. The molecule has 1 atom stereocenters. The SMILES string of the molecule is CC[N+](CC)(CC)C(=O)C(/C(O)=C/c1ccccc1)c1ccccc1. The molecule has 1 amide bonds. The van der Waals surface area contributed by atoms with Gasteiger partial charge in [0.1, 0.15) is 5.76 Å². The number of amides is 1. The Bertz CT molecular complexity index is 695. The van der Waals surface area contributed by atoms with Crippen LogP contribution in [0.2, 0.25) is 0 Å². The third-order valence-electron chi connectivity index (χ3n) is 5.07. The Morgan fingerprint density at radius 2 is 1.40 bits per heavy atom. The second-order valence-corrected chi connectivity index (χ2v) is 6.26. The Balaban J connectivity index is 2.51. The smallest absolute Gasteiger partial charge is 0.328 e. The highest BCUT2D eigenvalue weighted by atomic mass is 16.3. The number of aliphatic hydroxyl groups is 1.